The van der Waals surface area contributed by atoms with Crippen molar-refractivity contribution in [3.05, 3.63) is 36.0 Å². The molecule has 1 aromatic carbocycles. The van der Waals surface area contributed by atoms with E-state index in [9.17, 15) is 0 Å². The Bertz CT molecular complexity index is 521. The van der Waals surface area contributed by atoms with Crippen LogP contribution in [0.25, 0.3) is 10.9 Å². The molecule has 1 nitrogen and oxygen atoms in total. The number of aromatic nitrogens is 1. The average molecular weight is 229 g/mol. The van der Waals surface area contributed by atoms with Gasteiger partial charge in [0, 0.05) is 21.7 Å². The molecule has 0 aliphatic carbocycles. The summed E-state index contributed by atoms with van der Waals surface area (Å²) in [6.45, 7) is 2.26. The lowest BCUT2D eigenvalue weighted by molar-refractivity contribution is 0.743. The van der Waals surface area contributed by atoms with E-state index in [1.54, 1.807) is 0 Å². The third-order valence-electron chi connectivity index (χ3n) is 3.14. The highest BCUT2D eigenvalue weighted by Crippen LogP contribution is 2.42. The number of benzene rings is 1. The van der Waals surface area contributed by atoms with E-state index >= 15 is 0 Å². The maximum absolute atomic E-state index is 4.53. The van der Waals surface area contributed by atoms with Crippen molar-refractivity contribution in [2.75, 3.05) is 0 Å². The summed E-state index contributed by atoms with van der Waals surface area (Å²) in [5, 5.41) is 2.11. The molecule has 0 saturated heterocycles. The summed E-state index contributed by atoms with van der Waals surface area (Å²) in [6.07, 6.45) is 5.86. The third-order valence-corrected chi connectivity index (χ3v) is 4.60. The molecule has 1 aromatic heterocycles. The Morgan fingerprint density at radius 3 is 3.12 bits per heavy atom. The van der Waals surface area contributed by atoms with Crippen LogP contribution in [0.1, 0.15) is 25.3 Å². The Balaban J connectivity index is 2.07. The van der Waals surface area contributed by atoms with Gasteiger partial charge in [0.2, 0.25) is 0 Å². The molecule has 2 heteroatoms. The average Bonchev–Trinajstić information content (AvgIpc) is 2.72. The Hall–Kier alpha value is -1.02. The number of pyridine rings is 1. The zero-order chi connectivity index (χ0) is 11.0. The second kappa shape index (κ2) is 4.10. The number of thioether (sulfide) groups is 1. The van der Waals surface area contributed by atoms with Gasteiger partial charge in [-0.05, 0) is 24.5 Å². The van der Waals surface area contributed by atoms with Crippen LogP contribution in [0.2, 0.25) is 0 Å². The van der Waals surface area contributed by atoms with Gasteiger partial charge in [0.15, 0.2) is 0 Å². The van der Waals surface area contributed by atoms with E-state index in [4.69, 9.17) is 0 Å². The summed E-state index contributed by atoms with van der Waals surface area (Å²) in [6, 6.07) is 8.47. The SMILES string of the molecule is CCCC1Cc2cnc3ccccc3c2S1. The van der Waals surface area contributed by atoms with Crippen LogP contribution in [0.15, 0.2) is 35.4 Å². The Morgan fingerprint density at radius 2 is 2.25 bits per heavy atom. The topological polar surface area (TPSA) is 12.9 Å². The number of fused-ring (bicyclic) bond motifs is 3. The predicted molar refractivity (Wildman–Crippen MR) is 70.0 cm³/mol. The van der Waals surface area contributed by atoms with Crippen LogP contribution in [-0.2, 0) is 6.42 Å². The van der Waals surface area contributed by atoms with Crippen molar-refractivity contribution in [1.82, 2.24) is 4.98 Å². The highest BCUT2D eigenvalue weighted by Gasteiger charge is 2.23. The fourth-order valence-electron chi connectivity index (χ4n) is 2.38. The van der Waals surface area contributed by atoms with E-state index in [0.29, 0.717) is 0 Å². The molecule has 2 heterocycles. The number of para-hydroxylation sites is 1. The van der Waals surface area contributed by atoms with Crippen molar-refractivity contribution in [3.63, 3.8) is 0 Å². The number of hydrogen-bond donors (Lipinski definition) is 0. The van der Waals surface area contributed by atoms with Gasteiger partial charge >= 0.3 is 0 Å². The van der Waals surface area contributed by atoms with Gasteiger partial charge in [-0.3, -0.25) is 4.98 Å². The van der Waals surface area contributed by atoms with Crippen molar-refractivity contribution >= 4 is 22.7 Å². The lowest BCUT2D eigenvalue weighted by Gasteiger charge is -2.05. The van der Waals surface area contributed by atoms with Crippen LogP contribution in [0.4, 0.5) is 0 Å². The summed E-state index contributed by atoms with van der Waals surface area (Å²) in [4.78, 5) is 6.01. The molecular formula is C14H15NS. The van der Waals surface area contributed by atoms with E-state index < -0.39 is 0 Å². The summed E-state index contributed by atoms with van der Waals surface area (Å²) in [5.41, 5.74) is 2.58. The first kappa shape index (κ1) is 10.2. The molecule has 2 aromatic rings. The molecule has 0 saturated carbocycles. The molecular weight excluding hydrogens is 214 g/mol. The smallest absolute Gasteiger partial charge is 0.0713 e. The molecule has 0 radical (unpaired) electrons. The second-order valence-electron chi connectivity index (χ2n) is 4.36. The highest BCUT2D eigenvalue weighted by molar-refractivity contribution is 8.00. The Kier molecular flexibility index (Phi) is 2.60. The monoisotopic (exact) mass is 229 g/mol. The summed E-state index contributed by atoms with van der Waals surface area (Å²) < 4.78 is 0. The number of rotatable bonds is 2. The fourth-order valence-corrected chi connectivity index (χ4v) is 3.92. The first-order valence-corrected chi connectivity index (χ1v) is 6.79. The number of nitrogens with zero attached hydrogens (tertiary/aromatic N) is 1. The highest BCUT2D eigenvalue weighted by atomic mass is 32.2. The third kappa shape index (κ3) is 1.61. The molecule has 0 spiro atoms. The van der Waals surface area contributed by atoms with Gasteiger partial charge in [-0.1, -0.05) is 31.5 Å². The lowest BCUT2D eigenvalue weighted by Crippen LogP contribution is -1.98. The molecule has 0 bridgehead atoms. The van der Waals surface area contributed by atoms with E-state index in [-0.39, 0.29) is 0 Å². The van der Waals surface area contributed by atoms with Crippen molar-refractivity contribution in [2.24, 2.45) is 0 Å². The van der Waals surface area contributed by atoms with E-state index in [1.807, 2.05) is 0 Å². The Labute approximate surface area is 100 Å². The van der Waals surface area contributed by atoms with Crippen LogP contribution in [-0.4, -0.2) is 10.2 Å². The van der Waals surface area contributed by atoms with Gasteiger partial charge in [0.05, 0.1) is 5.52 Å². The van der Waals surface area contributed by atoms with Gasteiger partial charge in [-0.25, -0.2) is 0 Å². The molecule has 82 valence electrons. The first-order chi connectivity index (χ1) is 7.88. The second-order valence-corrected chi connectivity index (χ2v) is 5.67. The van der Waals surface area contributed by atoms with Gasteiger partial charge in [-0.15, -0.1) is 11.8 Å². The summed E-state index contributed by atoms with van der Waals surface area (Å²) in [7, 11) is 0. The fraction of sp³-hybridized carbons (Fsp3) is 0.357. The van der Waals surface area contributed by atoms with Crippen LogP contribution in [0, 0.1) is 0 Å². The zero-order valence-corrected chi connectivity index (χ0v) is 10.3. The van der Waals surface area contributed by atoms with Gasteiger partial charge in [0.1, 0.15) is 0 Å². The number of hydrogen-bond acceptors (Lipinski definition) is 2. The molecule has 1 aliphatic heterocycles. The van der Waals surface area contributed by atoms with E-state index in [2.05, 4.69) is 54.1 Å². The zero-order valence-electron chi connectivity index (χ0n) is 9.44. The van der Waals surface area contributed by atoms with Crippen LogP contribution in [0.3, 0.4) is 0 Å². The molecule has 1 atom stereocenters. The minimum atomic E-state index is 0.771. The van der Waals surface area contributed by atoms with E-state index in [1.165, 1.54) is 35.1 Å². The maximum atomic E-state index is 4.53. The van der Waals surface area contributed by atoms with Crippen LogP contribution in [0.5, 0.6) is 0 Å². The van der Waals surface area contributed by atoms with E-state index in [0.717, 1.165) is 10.8 Å². The summed E-state index contributed by atoms with van der Waals surface area (Å²) in [5.74, 6) is 0. The molecule has 1 unspecified atom stereocenters. The molecule has 0 amide bonds. The quantitative estimate of drug-likeness (QED) is 0.770. The maximum Gasteiger partial charge on any atom is 0.0713 e. The van der Waals surface area contributed by atoms with Crippen LogP contribution < -0.4 is 0 Å². The molecule has 0 N–H and O–H groups in total. The van der Waals surface area contributed by atoms with Crippen LogP contribution >= 0.6 is 11.8 Å². The minimum absolute atomic E-state index is 0.771. The standard InChI is InChI=1S/C14H15NS/c1-2-5-11-8-10-9-15-13-7-4-3-6-12(13)14(10)16-11/h3-4,6-7,9,11H,2,5,8H2,1H3. The van der Waals surface area contributed by atoms with Crippen molar-refractivity contribution in [1.29, 1.82) is 0 Å². The minimum Gasteiger partial charge on any atom is -0.256 e. The van der Waals surface area contributed by atoms with Crippen molar-refractivity contribution in [3.8, 4) is 0 Å². The summed E-state index contributed by atoms with van der Waals surface area (Å²) >= 11 is 2.05. The first-order valence-electron chi connectivity index (χ1n) is 5.91. The van der Waals surface area contributed by atoms with Gasteiger partial charge in [-0.2, -0.15) is 0 Å². The predicted octanol–water partition coefficient (Wildman–Crippen LogP) is 4.05. The normalized spacial score (nSPS) is 18.9. The molecule has 1 aliphatic rings. The Morgan fingerprint density at radius 1 is 1.38 bits per heavy atom. The van der Waals surface area contributed by atoms with Gasteiger partial charge in [0.25, 0.3) is 0 Å². The molecule has 16 heavy (non-hydrogen) atoms. The van der Waals surface area contributed by atoms with Crippen molar-refractivity contribution in [2.45, 2.75) is 36.3 Å². The largest absolute Gasteiger partial charge is 0.256 e. The van der Waals surface area contributed by atoms with Crippen molar-refractivity contribution < 1.29 is 0 Å². The molecule has 3 rings (SSSR count). The lowest BCUT2D eigenvalue weighted by atomic mass is 10.1. The molecule has 0 fully saturated rings. The van der Waals surface area contributed by atoms with Gasteiger partial charge < -0.3 is 0 Å².